The molecular formula is C16H24FN3O2. The molecule has 5 nitrogen and oxygen atoms in total. The minimum atomic E-state index is -1.59. The molecule has 1 amide bonds. The van der Waals surface area contributed by atoms with Gasteiger partial charge in [-0.15, -0.1) is 0 Å². The lowest BCUT2D eigenvalue weighted by molar-refractivity contribution is -0.153. The molecule has 122 valence electrons. The van der Waals surface area contributed by atoms with Crippen LogP contribution < -0.4 is 0 Å². The van der Waals surface area contributed by atoms with Crippen molar-refractivity contribution in [1.82, 2.24) is 9.80 Å². The summed E-state index contributed by atoms with van der Waals surface area (Å²) in [4.78, 5) is 16.1. The van der Waals surface area contributed by atoms with E-state index in [0.29, 0.717) is 45.7 Å². The fourth-order valence-corrected chi connectivity index (χ4v) is 3.79. The van der Waals surface area contributed by atoms with Crippen molar-refractivity contribution in [2.75, 3.05) is 45.9 Å². The Balaban J connectivity index is 1.60. The van der Waals surface area contributed by atoms with Crippen LogP contribution in [0.5, 0.6) is 0 Å². The van der Waals surface area contributed by atoms with E-state index in [0.717, 1.165) is 32.4 Å². The average molecular weight is 309 g/mol. The van der Waals surface area contributed by atoms with Crippen LogP contribution in [0.2, 0.25) is 0 Å². The summed E-state index contributed by atoms with van der Waals surface area (Å²) < 4.78 is 20.0. The second kappa shape index (κ2) is 6.13. The maximum Gasteiger partial charge on any atom is 0.260 e. The summed E-state index contributed by atoms with van der Waals surface area (Å²) in [7, 11) is 0. The largest absolute Gasteiger partial charge is 0.379 e. The molecule has 6 heteroatoms. The van der Waals surface area contributed by atoms with E-state index >= 15 is 0 Å². The Labute approximate surface area is 131 Å². The topological polar surface area (TPSA) is 56.6 Å². The monoisotopic (exact) mass is 309 g/mol. The molecule has 0 N–H and O–H groups in total. The Kier molecular flexibility index (Phi) is 4.37. The number of hydrogen-bond donors (Lipinski definition) is 0. The van der Waals surface area contributed by atoms with Gasteiger partial charge in [0.25, 0.3) is 5.91 Å². The summed E-state index contributed by atoms with van der Waals surface area (Å²) in [5, 5.41) is 8.91. The van der Waals surface area contributed by atoms with Gasteiger partial charge >= 0.3 is 0 Å². The smallest absolute Gasteiger partial charge is 0.260 e. The van der Waals surface area contributed by atoms with Gasteiger partial charge in [-0.25, -0.2) is 4.39 Å². The third kappa shape index (κ3) is 2.97. The minimum absolute atomic E-state index is 0.00716. The average Bonchev–Trinajstić information content (AvgIpc) is 2.68. The predicted molar refractivity (Wildman–Crippen MR) is 78.8 cm³/mol. The molecule has 2 saturated heterocycles. The molecule has 2 aliphatic heterocycles. The van der Waals surface area contributed by atoms with Gasteiger partial charge in [0.1, 0.15) is 0 Å². The van der Waals surface area contributed by atoms with Crippen molar-refractivity contribution in [2.45, 2.75) is 37.8 Å². The van der Waals surface area contributed by atoms with E-state index in [1.54, 1.807) is 4.90 Å². The van der Waals surface area contributed by atoms with Gasteiger partial charge in [0.05, 0.1) is 25.8 Å². The zero-order valence-corrected chi connectivity index (χ0v) is 13.0. The SMILES string of the molecule is N#CCN1CCOCC2(CCN(C(=O)C3(F)CCC3)CC2)C1. The third-order valence-corrected chi connectivity index (χ3v) is 5.45. The highest BCUT2D eigenvalue weighted by Crippen LogP contribution is 2.40. The Hall–Kier alpha value is -1.19. The quantitative estimate of drug-likeness (QED) is 0.722. The first-order chi connectivity index (χ1) is 10.6. The van der Waals surface area contributed by atoms with Crippen LogP contribution in [0.25, 0.3) is 0 Å². The first-order valence-corrected chi connectivity index (χ1v) is 8.22. The second-order valence-corrected chi connectivity index (χ2v) is 7.03. The van der Waals surface area contributed by atoms with Gasteiger partial charge in [0.2, 0.25) is 0 Å². The lowest BCUT2D eigenvalue weighted by atomic mass is 9.76. The molecule has 3 rings (SSSR count). The molecule has 0 bridgehead atoms. The van der Waals surface area contributed by atoms with Crippen LogP contribution in [0.15, 0.2) is 0 Å². The van der Waals surface area contributed by atoms with Gasteiger partial charge in [0.15, 0.2) is 5.67 Å². The van der Waals surface area contributed by atoms with Crippen LogP contribution in [-0.4, -0.2) is 67.3 Å². The van der Waals surface area contributed by atoms with Crippen LogP contribution in [-0.2, 0) is 9.53 Å². The van der Waals surface area contributed by atoms with E-state index < -0.39 is 5.67 Å². The van der Waals surface area contributed by atoms with Gasteiger partial charge in [-0.3, -0.25) is 9.69 Å². The highest BCUT2D eigenvalue weighted by molar-refractivity contribution is 5.86. The number of likely N-dealkylation sites (tertiary alicyclic amines) is 1. The van der Waals surface area contributed by atoms with E-state index in [2.05, 4.69) is 11.0 Å². The molecule has 0 aromatic carbocycles. The van der Waals surface area contributed by atoms with E-state index in [1.165, 1.54) is 0 Å². The fourth-order valence-electron chi connectivity index (χ4n) is 3.79. The van der Waals surface area contributed by atoms with Crippen molar-refractivity contribution in [1.29, 1.82) is 5.26 Å². The lowest BCUT2D eigenvalue weighted by Gasteiger charge is -2.45. The summed E-state index contributed by atoms with van der Waals surface area (Å²) in [6, 6.07) is 2.21. The van der Waals surface area contributed by atoms with Crippen molar-refractivity contribution in [3.63, 3.8) is 0 Å². The second-order valence-electron chi connectivity index (χ2n) is 7.03. The van der Waals surface area contributed by atoms with Crippen LogP contribution >= 0.6 is 0 Å². The van der Waals surface area contributed by atoms with Gasteiger partial charge < -0.3 is 9.64 Å². The number of carbonyl (C=O) groups is 1. The normalized spacial score (nSPS) is 27.7. The number of alkyl halides is 1. The maximum atomic E-state index is 14.3. The number of amides is 1. The van der Waals surface area contributed by atoms with Crippen molar-refractivity contribution in [3.05, 3.63) is 0 Å². The molecule has 0 aromatic rings. The molecule has 1 saturated carbocycles. The van der Waals surface area contributed by atoms with Gasteiger partial charge in [-0.2, -0.15) is 5.26 Å². The van der Waals surface area contributed by atoms with Gasteiger partial charge in [-0.1, -0.05) is 0 Å². The Morgan fingerprint density at radius 2 is 1.95 bits per heavy atom. The summed E-state index contributed by atoms with van der Waals surface area (Å²) in [5.74, 6) is -0.308. The van der Waals surface area contributed by atoms with Crippen LogP contribution in [0.3, 0.4) is 0 Å². The zero-order chi connectivity index (χ0) is 15.6. The standard InChI is InChI=1S/C16H24FN3O2/c17-16(2-1-3-16)14(21)20-7-4-15(5-8-20)12-19(9-6-18)10-11-22-13-15/h1-5,7-13H2. The summed E-state index contributed by atoms with van der Waals surface area (Å²) >= 11 is 0. The molecule has 0 radical (unpaired) electrons. The van der Waals surface area contributed by atoms with Gasteiger partial charge in [-0.05, 0) is 32.1 Å². The Morgan fingerprint density at radius 1 is 1.23 bits per heavy atom. The van der Waals surface area contributed by atoms with Crippen molar-refractivity contribution < 1.29 is 13.9 Å². The van der Waals surface area contributed by atoms with Gasteiger partial charge in [0, 0.05) is 31.6 Å². The molecule has 0 atom stereocenters. The van der Waals surface area contributed by atoms with E-state index in [-0.39, 0.29) is 11.3 Å². The van der Waals surface area contributed by atoms with E-state index in [4.69, 9.17) is 10.00 Å². The summed E-state index contributed by atoms with van der Waals surface area (Å²) in [6.07, 6.45) is 3.24. The molecular weight excluding hydrogens is 285 g/mol. The number of nitrogens with zero attached hydrogens (tertiary/aromatic N) is 3. The Bertz CT molecular complexity index is 465. The van der Waals surface area contributed by atoms with Crippen molar-refractivity contribution in [2.24, 2.45) is 5.41 Å². The predicted octanol–water partition coefficient (Wildman–Crippen LogP) is 1.34. The number of piperidine rings is 1. The lowest BCUT2D eigenvalue weighted by Crippen LogP contribution is -2.55. The van der Waals surface area contributed by atoms with Crippen molar-refractivity contribution in [3.8, 4) is 6.07 Å². The molecule has 22 heavy (non-hydrogen) atoms. The van der Waals surface area contributed by atoms with Crippen molar-refractivity contribution >= 4 is 5.91 Å². The summed E-state index contributed by atoms with van der Waals surface area (Å²) in [6.45, 7) is 4.58. The molecule has 3 fully saturated rings. The van der Waals surface area contributed by atoms with E-state index in [9.17, 15) is 9.18 Å². The molecule has 3 aliphatic rings. The molecule has 1 aliphatic carbocycles. The van der Waals surface area contributed by atoms with Crippen LogP contribution in [0.4, 0.5) is 4.39 Å². The third-order valence-electron chi connectivity index (χ3n) is 5.45. The first-order valence-electron chi connectivity index (χ1n) is 8.22. The van der Waals surface area contributed by atoms with Crippen LogP contribution in [0.1, 0.15) is 32.1 Å². The summed E-state index contributed by atoms with van der Waals surface area (Å²) in [5.41, 5.74) is -1.58. The number of rotatable bonds is 2. The molecule has 2 heterocycles. The molecule has 0 unspecified atom stereocenters. The number of hydrogen-bond acceptors (Lipinski definition) is 4. The number of halogens is 1. The first kappa shape index (κ1) is 15.7. The zero-order valence-electron chi connectivity index (χ0n) is 13.0. The minimum Gasteiger partial charge on any atom is -0.379 e. The maximum absolute atomic E-state index is 14.3. The number of ether oxygens (including phenoxy) is 1. The molecule has 0 aromatic heterocycles. The van der Waals surface area contributed by atoms with Crippen LogP contribution in [0, 0.1) is 16.7 Å². The highest BCUT2D eigenvalue weighted by Gasteiger charge is 2.48. The fraction of sp³-hybridized carbons (Fsp3) is 0.875. The molecule has 1 spiro atoms. The Morgan fingerprint density at radius 3 is 2.55 bits per heavy atom. The number of nitriles is 1. The highest BCUT2D eigenvalue weighted by atomic mass is 19.1. The van der Waals surface area contributed by atoms with E-state index in [1.807, 2.05) is 0 Å². The number of carbonyl (C=O) groups excluding carboxylic acids is 1.